The van der Waals surface area contributed by atoms with Crippen LogP contribution in [0.1, 0.15) is 35.4 Å². The Morgan fingerprint density at radius 2 is 2.29 bits per heavy atom. The van der Waals surface area contributed by atoms with Crippen molar-refractivity contribution in [1.29, 1.82) is 0 Å². The number of carbonyl (C=O) groups is 2. The van der Waals surface area contributed by atoms with Crippen LogP contribution in [0.25, 0.3) is 0 Å². The van der Waals surface area contributed by atoms with Gasteiger partial charge in [-0.1, -0.05) is 0 Å². The van der Waals surface area contributed by atoms with Crippen molar-refractivity contribution in [2.45, 2.75) is 38.0 Å². The summed E-state index contributed by atoms with van der Waals surface area (Å²) in [6.45, 7) is 3.77. The quantitative estimate of drug-likeness (QED) is 0.751. The van der Waals surface area contributed by atoms with Gasteiger partial charge in [-0.25, -0.2) is 0 Å². The van der Waals surface area contributed by atoms with Gasteiger partial charge in [-0.3, -0.25) is 9.59 Å². The zero-order valence-corrected chi connectivity index (χ0v) is 12.6. The highest BCUT2D eigenvalue weighted by molar-refractivity contribution is 6.99. The molecule has 0 unspecified atom stereocenters. The SMILES string of the molecule is Cc1nsnc1C(=O)N1CC[C@@]23OCCCN2C(=O)C[C@@H]13. The van der Waals surface area contributed by atoms with Crippen LogP contribution in [0.15, 0.2) is 0 Å². The molecule has 112 valence electrons. The Kier molecular flexibility index (Phi) is 2.80. The van der Waals surface area contributed by atoms with E-state index >= 15 is 0 Å². The molecule has 2 amide bonds. The fourth-order valence-corrected chi connectivity index (χ4v) is 4.30. The minimum atomic E-state index is -0.595. The van der Waals surface area contributed by atoms with Crippen molar-refractivity contribution in [2.24, 2.45) is 0 Å². The number of ether oxygens (including phenoxy) is 1. The first-order valence-electron chi connectivity index (χ1n) is 7.18. The molecule has 8 heteroatoms. The summed E-state index contributed by atoms with van der Waals surface area (Å²) in [5, 5.41) is 0. The zero-order chi connectivity index (χ0) is 14.6. The van der Waals surface area contributed by atoms with Crippen molar-refractivity contribution in [3.05, 3.63) is 11.4 Å². The Morgan fingerprint density at radius 3 is 3.05 bits per heavy atom. The van der Waals surface area contributed by atoms with Crippen LogP contribution in [0, 0.1) is 6.92 Å². The molecule has 4 heterocycles. The fraction of sp³-hybridized carbons (Fsp3) is 0.692. The average molecular weight is 308 g/mol. The van der Waals surface area contributed by atoms with E-state index in [4.69, 9.17) is 4.74 Å². The molecule has 1 spiro atoms. The molecule has 2 atom stereocenters. The van der Waals surface area contributed by atoms with E-state index in [0.29, 0.717) is 37.4 Å². The summed E-state index contributed by atoms with van der Waals surface area (Å²) in [7, 11) is 0. The second-order valence-corrected chi connectivity index (χ2v) is 6.29. The largest absolute Gasteiger partial charge is 0.353 e. The molecule has 3 aliphatic heterocycles. The van der Waals surface area contributed by atoms with Crippen LogP contribution < -0.4 is 0 Å². The normalized spacial score (nSPS) is 31.5. The molecule has 1 aromatic heterocycles. The minimum Gasteiger partial charge on any atom is -0.353 e. The Morgan fingerprint density at radius 1 is 1.43 bits per heavy atom. The van der Waals surface area contributed by atoms with E-state index in [0.717, 1.165) is 24.7 Å². The summed E-state index contributed by atoms with van der Waals surface area (Å²) in [6.07, 6.45) is 1.90. The molecule has 7 nitrogen and oxygen atoms in total. The van der Waals surface area contributed by atoms with Crippen LogP contribution in [-0.4, -0.2) is 61.8 Å². The summed E-state index contributed by atoms with van der Waals surface area (Å²) in [5.41, 5.74) is 0.456. The van der Waals surface area contributed by atoms with Crippen LogP contribution in [0.5, 0.6) is 0 Å². The lowest BCUT2D eigenvalue weighted by molar-refractivity contribution is -0.179. The standard InChI is InChI=1S/C13H16N4O3S/c1-8-11(15-21-14-8)12(19)16-5-3-13-9(16)7-10(18)17(13)4-2-6-20-13/h9H,2-7H2,1H3/t9-,13+/m1/s1. The van der Waals surface area contributed by atoms with Crippen molar-refractivity contribution in [3.8, 4) is 0 Å². The molecule has 21 heavy (non-hydrogen) atoms. The molecule has 3 fully saturated rings. The van der Waals surface area contributed by atoms with E-state index in [1.165, 1.54) is 0 Å². The van der Waals surface area contributed by atoms with E-state index in [2.05, 4.69) is 8.75 Å². The summed E-state index contributed by atoms with van der Waals surface area (Å²) >= 11 is 1.04. The fourth-order valence-electron chi connectivity index (χ4n) is 3.75. The van der Waals surface area contributed by atoms with Crippen LogP contribution >= 0.6 is 11.7 Å². The van der Waals surface area contributed by atoms with Crippen LogP contribution in [-0.2, 0) is 9.53 Å². The van der Waals surface area contributed by atoms with Gasteiger partial charge in [-0.05, 0) is 13.3 Å². The highest BCUT2D eigenvalue weighted by Crippen LogP contribution is 2.45. The van der Waals surface area contributed by atoms with Crippen LogP contribution in [0.3, 0.4) is 0 Å². The maximum Gasteiger partial charge on any atom is 0.275 e. The number of aryl methyl sites for hydroxylation is 1. The monoisotopic (exact) mass is 308 g/mol. The number of likely N-dealkylation sites (tertiary alicyclic amines) is 1. The third kappa shape index (κ3) is 1.69. The number of aromatic nitrogens is 2. The number of hydrogen-bond acceptors (Lipinski definition) is 6. The topological polar surface area (TPSA) is 75.6 Å². The lowest BCUT2D eigenvalue weighted by atomic mass is 10.0. The van der Waals surface area contributed by atoms with Gasteiger partial charge in [-0.2, -0.15) is 8.75 Å². The summed E-state index contributed by atoms with van der Waals surface area (Å²) in [4.78, 5) is 28.5. The van der Waals surface area contributed by atoms with Gasteiger partial charge in [0.05, 0.1) is 36.5 Å². The molecular formula is C13H16N4O3S. The number of carbonyl (C=O) groups excluding carboxylic acids is 2. The summed E-state index contributed by atoms with van der Waals surface area (Å²) < 4.78 is 14.1. The first kappa shape index (κ1) is 13.1. The van der Waals surface area contributed by atoms with E-state index in [1.807, 2.05) is 4.90 Å². The van der Waals surface area contributed by atoms with E-state index in [9.17, 15) is 9.59 Å². The molecule has 0 radical (unpaired) electrons. The number of amides is 2. The molecule has 0 bridgehead atoms. The number of nitrogens with zero attached hydrogens (tertiary/aromatic N) is 4. The second kappa shape index (κ2) is 4.48. The van der Waals surface area contributed by atoms with Gasteiger partial charge in [0.25, 0.3) is 5.91 Å². The Bertz CT molecular complexity index is 618. The molecule has 0 saturated carbocycles. The summed E-state index contributed by atoms with van der Waals surface area (Å²) in [5.74, 6) is -0.0442. The number of rotatable bonds is 1. The zero-order valence-electron chi connectivity index (χ0n) is 11.7. The van der Waals surface area contributed by atoms with Crippen molar-refractivity contribution < 1.29 is 14.3 Å². The highest BCUT2D eigenvalue weighted by atomic mass is 32.1. The molecule has 0 aromatic carbocycles. The second-order valence-electron chi connectivity index (χ2n) is 5.76. The smallest absolute Gasteiger partial charge is 0.275 e. The Hall–Kier alpha value is -1.54. The molecule has 4 rings (SSSR count). The van der Waals surface area contributed by atoms with Crippen LogP contribution in [0.2, 0.25) is 0 Å². The van der Waals surface area contributed by atoms with Crippen molar-refractivity contribution >= 4 is 23.5 Å². The minimum absolute atomic E-state index is 0.0883. The maximum atomic E-state index is 12.7. The predicted molar refractivity (Wildman–Crippen MR) is 73.7 cm³/mol. The maximum absolute atomic E-state index is 12.7. The molecule has 1 aromatic rings. The van der Waals surface area contributed by atoms with Crippen LogP contribution in [0.4, 0.5) is 0 Å². The predicted octanol–water partition coefficient (Wildman–Crippen LogP) is 0.410. The summed E-state index contributed by atoms with van der Waals surface area (Å²) in [6, 6.07) is -0.195. The average Bonchev–Trinajstić information content (AvgIpc) is 3.11. The molecule has 0 N–H and O–H groups in total. The van der Waals surface area contributed by atoms with Gasteiger partial charge in [-0.15, -0.1) is 0 Å². The van der Waals surface area contributed by atoms with Crippen molar-refractivity contribution in [1.82, 2.24) is 18.5 Å². The number of hydrogen-bond donors (Lipinski definition) is 0. The van der Waals surface area contributed by atoms with Gasteiger partial charge < -0.3 is 14.5 Å². The van der Waals surface area contributed by atoms with Gasteiger partial charge in [0.1, 0.15) is 0 Å². The van der Waals surface area contributed by atoms with Gasteiger partial charge in [0.2, 0.25) is 5.91 Å². The van der Waals surface area contributed by atoms with Crippen molar-refractivity contribution in [2.75, 3.05) is 19.7 Å². The van der Waals surface area contributed by atoms with Gasteiger partial charge in [0.15, 0.2) is 11.4 Å². The highest BCUT2D eigenvalue weighted by Gasteiger charge is 2.61. The first-order chi connectivity index (χ1) is 10.1. The first-order valence-corrected chi connectivity index (χ1v) is 7.91. The lowest BCUT2D eigenvalue weighted by Gasteiger charge is -2.42. The van der Waals surface area contributed by atoms with Gasteiger partial charge >= 0.3 is 0 Å². The van der Waals surface area contributed by atoms with Gasteiger partial charge in [0, 0.05) is 19.5 Å². The molecular weight excluding hydrogens is 292 g/mol. The van der Waals surface area contributed by atoms with E-state index in [1.54, 1.807) is 11.8 Å². The molecule has 3 aliphatic rings. The Labute approximate surface area is 126 Å². The molecule has 3 saturated heterocycles. The Balaban J connectivity index is 1.67. The molecule has 0 aliphatic carbocycles. The van der Waals surface area contributed by atoms with E-state index in [-0.39, 0.29) is 17.9 Å². The third-order valence-electron chi connectivity index (χ3n) is 4.73. The third-order valence-corrected chi connectivity index (χ3v) is 5.35. The van der Waals surface area contributed by atoms with E-state index < -0.39 is 5.72 Å². The lowest BCUT2D eigenvalue weighted by Crippen LogP contribution is -2.56. The van der Waals surface area contributed by atoms with Crippen molar-refractivity contribution in [3.63, 3.8) is 0 Å².